The first-order chi connectivity index (χ1) is 11.9. The summed E-state index contributed by atoms with van der Waals surface area (Å²) in [5.74, 6) is 0. The molecule has 3 aromatic rings. The van der Waals surface area contributed by atoms with Gasteiger partial charge in [0.15, 0.2) is 0 Å². The van der Waals surface area contributed by atoms with Crippen molar-refractivity contribution in [1.29, 1.82) is 0 Å². The summed E-state index contributed by atoms with van der Waals surface area (Å²) in [5, 5.41) is 8.54. The molecule has 0 spiro atoms. The van der Waals surface area contributed by atoms with Gasteiger partial charge in [-0.15, -0.1) is 0 Å². The number of hydrogen-bond acceptors (Lipinski definition) is 2. The van der Waals surface area contributed by atoms with E-state index >= 15 is 0 Å². The van der Waals surface area contributed by atoms with Crippen LogP contribution in [-0.4, -0.2) is 21.4 Å². The zero-order chi connectivity index (χ0) is 17.9. The molecule has 0 saturated heterocycles. The highest BCUT2D eigenvalue weighted by atomic mass is 15.3. The molecule has 0 fully saturated rings. The van der Waals surface area contributed by atoms with E-state index in [1.807, 2.05) is 12.1 Å². The summed E-state index contributed by atoms with van der Waals surface area (Å²) < 4.78 is 2.13. The molecule has 0 bridgehead atoms. The number of rotatable bonds is 5. The van der Waals surface area contributed by atoms with Crippen LogP contribution in [0.5, 0.6) is 0 Å². The summed E-state index contributed by atoms with van der Waals surface area (Å²) in [4.78, 5) is 0. The van der Waals surface area contributed by atoms with Gasteiger partial charge in [0, 0.05) is 17.1 Å². The molecule has 130 valence electrons. The summed E-state index contributed by atoms with van der Waals surface area (Å²) in [6.45, 7) is 9.62. The molecular formula is C22H27N3. The first-order valence-corrected chi connectivity index (χ1v) is 8.89. The molecule has 0 radical (unpaired) electrons. The third-order valence-electron chi connectivity index (χ3n) is 4.05. The molecule has 0 aliphatic carbocycles. The largest absolute Gasteiger partial charge is 0.308 e. The van der Waals surface area contributed by atoms with Gasteiger partial charge in [0.1, 0.15) is 0 Å². The standard InChI is InChI=1S/C22H27N3/c1-17(23-22(2,3)4)16-25-21(19-13-9-6-10-14-19)15-20(24-25)18-11-7-5-8-12-18/h5-15,17,23H,16H2,1-4H3. The van der Waals surface area contributed by atoms with E-state index in [0.717, 1.165) is 23.5 Å². The zero-order valence-corrected chi connectivity index (χ0v) is 15.5. The van der Waals surface area contributed by atoms with Gasteiger partial charge in [0.2, 0.25) is 0 Å². The minimum atomic E-state index is 0.0851. The van der Waals surface area contributed by atoms with E-state index in [9.17, 15) is 0 Å². The molecule has 0 aliphatic rings. The van der Waals surface area contributed by atoms with Crippen molar-refractivity contribution in [2.24, 2.45) is 0 Å². The summed E-state index contributed by atoms with van der Waals surface area (Å²) in [6.07, 6.45) is 0. The van der Waals surface area contributed by atoms with E-state index < -0.39 is 0 Å². The second kappa shape index (κ2) is 7.24. The molecule has 3 rings (SSSR count). The molecule has 1 aromatic heterocycles. The van der Waals surface area contributed by atoms with Gasteiger partial charge in [0.25, 0.3) is 0 Å². The highest BCUT2D eigenvalue weighted by Crippen LogP contribution is 2.26. The summed E-state index contributed by atoms with van der Waals surface area (Å²) >= 11 is 0. The fraction of sp³-hybridized carbons (Fsp3) is 0.318. The molecule has 3 heteroatoms. The summed E-state index contributed by atoms with van der Waals surface area (Å²) in [6, 6.07) is 23.4. The Labute approximate surface area is 150 Å². The van der Waals surface area contributed by atoms with Crippen LogP contribution in [0.2, 0.25) is 0 Å². The highest BCUT2D eigenvalue weighted by molar-refractivity contribution is 5.68. The predicted octanol–water partition coefficient (Wildman–Crippen LogP) is 4.99. The molecule has 25 heavy (non-hydrogen) atoms. The van der Waals surface area contributed by atoms with Gasteiger partial charge in [-0.3, -0.25) is 4.68 Å². The molecule has 0 amide bonds. The first kappa shape index (κ1) is 17.4. The van der Waals surface area contributed by atoms with Crippen LogP contribution >= 0.6 is 0 Å². The molecule has 1 unspecified atom stereocenters. The Hall–Kier alpha value is -2.39. The maximum atomic E-state index is 4.90. The van der Waals surface area contributed by atoms with Crippen molar-refractivity contribution in [3.05, 3.63) is 66.7 Å². The van der Waals surface area contributed by atoms with Crippen molar-refractivity contribution >= 4 is 0 Å². The van der Waals surface area contributed by atoms with E-state index in [4.69, 9.17) is 5.10 Å². The molecule has 1 heterocycles. The van der Waals surface area contributed by atoms with Crippen LogP contribution in [0, 0.1) is 0 Å². The van der Waals surface area contributed by atoms with Crippen LogP contribution in [0.1, 0.15) is 27.7 Å². The number of aromatic nitrogens is 2. The van der Waals surface area contributed by atoms with Gasteiger partial charge in [-0.1, -0.05) is 60.7 Å². The fourth-order valence-electron chi connectivity index (χ4n) is 3.19. The topological polar surface area (TPSA) is 29.9 Å². The predicted molar refractivity (Wildman–Crippen MR) is 105 cm³/mol. The number of hydrogen-bond donors (Lipinski definition) is 1. The lowest BCUT2D eigenvalue weighted by Crippen LogP contribution is -2.44. The lowest BCUT2D eigenvalue weighted by Gasteiger charge is -2.26. The molecule has 2 aromatic carbocycles. The maximum Gasteiger partial charge on any atom is 0.0929 e. The average Bonchev–Trinajstić information content (AvgIpc) is 2.98. The SMILES string of the molecule is CC(Cn1nc(-c2ccccc2)cc1-c1ccccc1)NC(C)(C)C. The Morgan fingerprint density at radius 2 is 1.48 bits per heavy atom. The van der Waals surface area contributed by atoms with Crippen molar-refractivity contribution in [1.82, 2.24) is 15.1 Å². The Morgan fingerprint density at radius 1 is 0.920 bits per heavy atom. The second-order valence-corrected chi connectivity index (χ2v) is 7.62. The van der Waals surface area contributed by atoms with Crippen LogP contribution in [0.4, 0.5) is 0 Å². The third-order valence-corrected chi connectivity index (χ3v) is 4.05. The van der Waals surface area contributed by atoms with Gasteiger partial charge in [-0.25, -0.2) is 0 Å². The molecular weight excluding hydrogens is 306 g/mol. The normalized spacial score (nSPS) is 13.0. The van der Waals surface area contributed by atoms with Crippen molar-refractivity contribution in [3.8, 4) is 22.5 Å². The Bertz CT molecular complexity index is 798. The summed E-state index contributed by atoms with van der Waals surface area (Å²) in [5.41, 5.74) is 4.60. The zero-order valence-electron chi connectivity index (χ0n) is 15.5. The Balaban J connectivity index is 1.96. The molecule has 3 nitrogen and oxygen atoms in total. The third kappa shape index (κ3) is 4.58. The number of nitrogens with one attached hydrogen (secondary N) is 1. The van der Waals surface area contributed by atoms with Crippen molar-refractivity contribution in [2.75, 3.05) is 0 Å². The lowest BCUT2D eigenvalue weighted by atomic mass is 10.1. The van der Waals surface area contributed by atoms with Gasteiger partial charge in [0.05, 0.1) is 17.9 Å². The van der Waals surface area contributed by atoms with Gasteiger partial charge in [-0.2, -0.15) is 5.10 Å². The van der Waals surface area contributed by atoms with Gasteiger partial charge >= 0.3 is 0 Å². The van der Waals surface area contributed by atoms with E-state index in [2.05, 4.69) is 92.3 Å². The second-order valence-electron chi connectivity index (χ2n) is 7.62. The van der Waals surface area contributed by atoms with E-state index in [1.165, 1.54) is 5.56 Å². The smallest absolute Gasteiger partial charge is 0.0929 e. The molecule has 0 aliphatic heterocycles. The highest BCUT2D eigenvalue weighted by Gasteiger charge is 2.17. The first-order valence-electron chi connectivity index (χ1n) is 8.89. The van der Waals surface area contributed by atoms with E-state index in [-0.39, 0.29) is 5.54 Å². The van der Waals surface area contributed by atoms with Crippen LogP contribution in [0.25, 0.3) is 22.5 Å². The van der Waals surface area contributed by atoms with Crippen LogP contribution in [0.3, 0.4) is 0 Å². The lowest BCUT2D eigenvalue weighted by molar-refractivity contribution is 0.340. The van der Waals surface area contributed by atoms with E-state index in [0.29, 0.717) is 6.04 Å². The van der Waals surface area contributed by atoms with Gasteiger partial charge in [-0.05, 0) is 39.3 Å². The quantitative estimate of drug-likeness (QED) is 0.712. The molecule has 1 atom stereocenters. The Kier molecular flexibility index (Phi) is 5.05. The van der Waals surface area contributed by atoms with Crippen LogP contribution in [0.15, 0.2) is 66.7 Å². The summed E-state index contributed by atoms with van der Waals surface area (Å²) in [7, 11) is 0. The fourth-order valence-corrected chi connectivity index (χ4v) is 3.19. The van der Waals surface area contributed by atoms with Gasteiger partial charge < -0.3 is 5.32 Å². The average molecular weight is 333 g/mol. The van der Waals surface area contributed by atoms with Crippen LogP contribution < -0.4 is 5.32 Å². The van der Waals surface area contributed by atoms with Crippen molar-refractivity contribution in [2.45, 2.75) is 45.8 Å². The minimum absolute atomic E-state index is 0.0851. The minimum Gasteiger partial charge on any atom is -0.308 e. The van der Waals surface area contributed by atoms with Crippen LogP contribution in [-0.2, 0) is 6.54 Å². The monoisotopic (exact) mass is 333 g/mol. The molecule has 1 N–H and O–H groups in total. The maximum absolute atomic E-state index is 4.90. The van der Waals surface area contributed by atoms with Crippen molar-refractivity contribution in [3.63, 3.8) is 0 Å². The Morgan fingerprint density at radius 3 is 2.04 bits per heavy atom. The number of benzene rings is 2. The molecule has 0 saturated carbocycles. The number of nitrogens with zero attached hydrogens (tertiary/aromatic N) is 2. The van der Waals surface area contributed by atoms with Crippen molar-refractivity contribution < 1.29 is 0 Å². The van der Waals surface area contributed by atoms with E-state index in [1.54, 1.807) is 0 Å².